The summed E-state index contributed by atoms with van der Waals surface area (Å²) in [5, 5.41) is 0. The molecule has 1 N–H and O–H groups in total. The molecule has 1 aromatic heterocycles. The van der Waals surface area contributed by atoms with Crippen molar-refractivity contribution in [2.45, 2.75) is 25.7 Å². The Hall–Kier alpha value is -2.94. The molecule has 0 aliphatic heterocycles. The van der Waals surface area contributed by atoms with Crippen LogP contribution in [0.5, 0.6) is 0 Å². The zero-order valence-corrected chi connectivity index (χ0v) is 16.8. The molecule has 28 heavy (non-hydrogen) atoms. The molecule has 0 fully saturated rings. The third kappa shape index (κ3) is 4.48. The van der Waals surface area contributed by atoms with E-state index in [0.717, 1.165) is 6.26 Å². The lowest BCUT2D eigenvalue weighted by molar-refractivity contribution is 0.0468. The molecule has 0 aliphatic carbocycles. The molecule has 0 saturated heterocycles. The van der Waals surface area contributed by atoms with Gasteiger partial charge in [-0.1, -0.05) is 12.1 Å². The summed E-state index contributed by atoms with van der Waals surface area (Å²) in [4.78, 5) is 39.8. The quantitative estimate of drug-likeness (QED) is 0.552. The van der Waals surface area contributed by atoms with E-state index in [1.54, 1.807) is 20.8 Å². The van der Waals surface area contributed by atoms with Crippen molar-refractivity contribution in [2.24, 2.45) is 0 Å². The Balaban J connectivity index is 2.25. The van der Waals surface area contributed by atoms with Crippen LogP contribution in [0.1, 0.15) is 49.4 Å². The second-order valence-corrected chi connectivity index (χ2v) is 8.10. The average molecular weight is 407 g/mol. The van der Waals surface area contributed by atoms with E-state index in [-0.39, 0.29) is 28.2 Å². The Morgan fingerprint density at radius 2 is 1.57 bits per heavy atom. The molecule has 0 aliphatic rings. The number of rotatable bonds is 7. The monoisotopic (exact) mass is 407 g/mol. The van der Waals surface area contributed by atoms with Crippen LogP contribution in [-0.2, 0) is 19.3 Å². The highest BCUT2D eigenvalue weighted by Gasteiger charge is 2.27. The number of aromatic amines is 1. The molecule has 150 valence electrons. The van der Waals surface area contributed by atoms with Crippen LogP contribution in [-0.4, -0.2) is 50.6 Å². The Kier molecular flexibility index (Phi) is 6.40. The molecule has 9 heteroatoms. The van der Waals surface area contributed by atoms with Crippen LogP contribution >= 0.6 is 0 Å². The lowest BCUT2D eigenvalue weighted by Gasteiger charge is -2.09. The molecule has 0 atom stereocenters. The van der Waals surface area contributed by atoms with Gasteiger partial charge in [-0.2, -0.15) is 0 Å². The minimum absolute atomic E-state index is 0.0835. The van der Waals surface area contributed by atoms with Crippen molar-refractivity contribution in [2.75, 3.05) is 19.5 Å². The standard InChI is InChI=1S/C19H21NO7S/c1-5-26-19(23)17-12(3)20-11(2)16(17)14(21)10-27-18(22)13-8-6-7-9-15(13)28(4,24)25/h6-9,20H,5,10H2,1-4H3. The number of Topliss-reactive ketones (excluding diaryl/α,β-unsaturated/α-hetero) is 1. The molecule has 8 nitrogen and oxygen atoms in total. The fraction of sp³-hybridized carbons (Fsp3) is 0.316. The number of hydrogen-bond donors (Lipinski definition) is 1. The maximum Gasteiger partial charge on any atom is 0.340 e. The first-order valence-corrected chi connectivity index (χ1v) is 10.3. The molecule has 0 saturated carbocycles. The summed E-state index contributed by atoms with van der Waals surface area (Å²) in [6.45, 7) is 4.39. The van der Waals surface area contributed by atoms with Crippen molar-refractivity contribution >= 4 is 27.6 Å². The number of H-pyrrole nitrogens is 1. The molecule has 0 spiro atoms. The number of ether oxygens (including phenoxy) is 2. The predicted octanol–water partition coefficient (Wildman–Crippen LogP) is 2.25. The van der Waals surface area contributed by atoms with Crippen molar-refractivity contribution in [3.05, 3.63) is 52.3 Å². The van der Waals surface area contributed by atoms with Crippen molar-refractivity contribution in [3.63, 3.8) is 0 Å². The fourth-order valence-electron chi connectivity index (χ4n) is 2.83. The van der Waals surface area contributed by atoms with E-state index in [1.165, 1.54) is 24.3 Å². The molecule has 1 heterocycles. The number of carbonyl (C=O) groups is 3. The average Bonchev–Trinajstić information content (AvgIpc) is 2.93. The van der Waals surface area contributed by atoms with Gasteiger partial charge in [0, 0.05) is 17.6 Å². The number of carbonyl (C=O) groups excluding carboxylic acids is 3. The van der Waals surface area contributed by atoms with Gasteiger partial charge in [-0.25, -0.2) is 18.0 Å². The topological polar surface area (TPSA) is 120 Å². The number of nitrogens with one attached hydrogen (secondary N) is 1. The van der Waals surface area contributed by atoms with E-state index in [9.17, 15) is 22.8 Å². The summed E-state index contributed by atoms with van der Waals surface area (Å²) in [7, 11) is -3.65. The van der Waals surface area contributed by atoms with E-state index in [1.807, 2.05) is 0 Å². The van der Waals surface area contributed by atoms with Crippen LogP contribution in [0.4, 0.5) is 0 Å². The van der Waals surface area contributed by atoms with Gasteiger partial charge in [0.15, 0.2) is 16.4 Å². The summed E-state index contributed by atoms with van der Waals surface area (Å²) in [5.74, 6) is -2.20. The largest absolute Gasteiger partial charge is 0.462 e. The summed E-state index contributed by atoms with van der Waals surface area (Å²) in [5.41, 5.74) is 0.925. The van der Waals surface area contributed by atoms with Crippen LogP contribution in [0.25, 0.3) is 0 Å². The van der Waals surface area contributed by atoms with Gasteiger partial charge in [-0.05, 0) is 32.9 Å². The molecule has 0 unspecified atom stereocenters. The Morgan fingerprint density at radius 1 is 0.964 bits per heavy atom. The number of hydrogen-bond acceptors (Lipinski definition) is 7. The number of aromatic nitrogens is 1. The zero-order valence-electron chi connectivity index (χ0n) is 16.0. The molecule has 2 rings (SSSR count). The molecule has 0 amide bonds. The van der Waals surface area contributed by atoms with Crippen molar-refractivity contribution in [1.82, 2.24) is 4.98 Å². The van der Waals surface area contributed by atoms with Crippen molar-refractivity contribution in [3.8, 4) is 0 Å². The van der Waals surface area contributed by atoms with Gasteiger partial charge in [-0.15, -0.1) is 0 Å². The van der Waals surface area contributed by atoms with Gasteiger partial charge < -0.3 is 14.5 Å². The Labute approximate surface area is 162 Å². The van der Waals surface area contributed by atoms with Crippen LogP contribution < -0.4 is 0 Å². The second kappa shape index (κ2) is 8.39. The number of benzene rings is 1. The van der Waals surface area contributed by atoms with Crippen LogP contribution in [0.15, 0.2) is 29.2 Å². The van der Waals surface area contributed by atoms with Crippen molar-refractivity contribution < 1.29 is 32.3 Å². The van der Waals surface area contributed by atoms with E-state index in [2.05, 4.69) is 4.98 Å². The third-order valence-corrected chi connectivity index (χ3v) is 5.13. The first-order valence-electron chi connectivity index (χ1n) is 8.43. The third-order valence-electron chi connectivity index (χ3n) is 3.97. The highest BCUT2D eigenvalue weighted by Crippen LogP contribution is 2.21. The van der Waals surface area contributed by atoms with Gasteiger partial charge >= 0.3 is 11.9 Å². The highest BCUT2D eigenvalue weighted by atomic mass is 32.2. The molecular formula is C19H21NO7S. The van der Waals surface area contributed by atoms with Crippen LogP contribution in [0.2, 0.25) is 0 Å². The summed E-state index contributed by atoms with van der Waals surface area (Å²) in [6.07, 6.45) is 0.974. The molecule has 0 radical (unpaired) electrons. The lowest BCUT2D eigenvalue weighted by Crippen LogP contribution is -2.19. The smallest absolute Gasteiger partial charge is 0.340 e. The van der Waals surface area contributed by atoms with Gasteiger partial charge in [0.2, 0.25) is 5.78 Å². The molecular weight excluding hydrogens is 386 g/mol. The van der Waals surface area contributed by atoms with E-state index < -0.39 is 34.2 Å². The fourth-order valence-corrected chi connectivity index (χ4v) is 3.70. The Morgan fingerprint density at radius 3 is 2.18 bits per heavy atom. The van der Waals surface area contributed by atoms with Crippen LogP contribution in [0.3, 0.4) is 0 Å². The second-order valence-electron chi connectivity index (χ2n) is 6.11. The van der Waals surface area contributed by atoms with Gasteiger partial charge in [0.1, 0.15) is 0 Å². The normalized spacial score (nSPS) is 11.1. The number of aryl methyl sites for hydroxylation is 2. The van der Waals surface area contributed by atoms with E-state index >= 15 is 0 Å². The minimum atomic E-state index is -3.65. The maximum atomic E-state index is 12.6. The number of esters is 2. The molecule has 1 aromatic carbocycles. The molecule has 2 aromatic rings. The Bertz CT molecular complexity index is 1030. The highest BCUT2D eigenvalue weighted by molar-refractivity contribution is 7.90. The number of ketones is 1. The minimum Gasteiger partial charge on any atom is -0.462 e. The first-order chi connectivity index (χ1) is 13.1. The SMILES string of the molecule is CCOC(=O)c1c(C)[nH]c(C)c1C(=O)COC(=O)c1ccccc1S(C)(=O)=O. The van der Waals surface area contributed by atoms with E-state index in [0.29, 0.717) is 11.4 Å². The van der Waals surface area contributed by atoms with E-state index in [4.69, 9.17) is 9.47 Å². The summed E-state index contributed by atoms with van der Waals surface area (Å²) in [6, 6.07) is 5.56. The zero-order chi connectivity index (χ0) is 21.1. The molecule has 0 bridgehead atoms. The summed E-state index contributed by atoms with van der Waals surface area (Å²) >= 11 is 0. The van der Waals surface area contributed by atoms with Crippen LogP contribution in [0, 0.1) is 13.8 Å². The van der Waals surface area contributed by atoms with Gasteiger partial charge in [0.25, 0.3) is 0 Å². The predicted molar refractivity (Wildman–Crippen MR) is 100 cm³/mol. The van der Waals surface area contributed by atoms with Gasteiger partial charge in [-0.3, -0.25) is 4.79 Å². The summed E-state index contributed by atoms with van der Waals surface area (Å²) < 4.78 is 33.6. The maximum absolute atomic E-state index is 12.6. The lowest BCUT2D eigenvalue weighted by atomic mass is 10.1. The van der Waals surface area contributed by atoms with Gasteiger partial charge in [0.05, 0.1) is 28.2 Å². The number of sulfone groups is 1. The first kappa shape index (κ1) is 21.4. The van der Waals surface area contributed by atoms with Crippen molar-refractivity contribution in [1.29, 1.82) is 0 Å².